The van der Waals surface area contributed by atoms with E-state index in [1.165, 1.54) is 4.67 Å². The molecule has 2 unspecified atom stereocenters. The van der Waals surface area contributed by atoms with E-state index in [2.05, 4.69) is 0 Å². The van der Waals surface area contributed by atoms with Crippen molar-refractivity contribution in [3.05, 3.63) is 99.9 Å². The van der Waals surface area contributed by atoms with Gasteiger partial charge in [0.15, 0.2) is 23.3 Å². The van der Waals surface area contributed by atoms with Crippen molar-refractivity contribution in [3.63, 3.8) is 0 Å². The summed E-state index contributed by atoms with van der Waals surface area (Å²) >= 11 is 0. The molecule has 1 fully saturated rings. The Morgan fingerprint density at radius 3 is 1.43 bits per heavy atom. The molecule has 0 spiro atoms. The first-order valence-electron chi connectivity index (χ1n) is 8.79. The lowest BCUT2D eigenvalue weighted by atomic mass is 9.94. The number of hydrogen-bond donors (Lipinski definition) is 0. The van der Waals surface area contributed by atoms with Crippen molar-refractivity contribution in [2.75, 3.05) is 4.67 Å². The van der Waals surface area contributed by atoms with E-state index >= 15 is 0 Å². The third-order valence-corrected chi connectivity index (χ3v) is 8.78. The molecular weight excluding hydrogens is 392 g/mol. The number of anilines is 1. The maximum Gasteiger partial charge on any atom is 0.200 e. The highest BCUT2D eigenvalue weighted by atomic mass is 31.1. The first kappa shape index (κ1) is 16.5. The van der Waals surface area contributed by atoms with E-state index in [1.54, 1.807) is 0 Å². The van der Waals surface area contributed by atoms with Crippen molar-refractivity contribution in [2.45, 2.75) is 17.4 Å². The fraction of sp³-hybridized carbons (Fsp3) is 0.143. The summed E-state index contributed by atoms with van der Waals surface area (Å²) in [4.78, 5) is 0. The van der Waals surface area contributed by atoms with Crippen molar-refractivity contribution >= 4 is 13.8 Å². The summed E-state index contributed by atoms with van der Waals surface area (Å²) in [7, 11) is -1.12. The molecular formula is C21H11F5NP. The van der Waals surface area contributed by atoms with E-state index in [4.69, 9.17) is 0 Å². The zero-order valence-electron chi connectivity index (χ0n) is 14.1. The van der Waals surface area contributed by atoms with Gasteiger partial charge in [0, 0.05) is 19.4 Å². The topological polar surface area (TPSA) is 3.24 Å². The Morgan fingerprint density at radius 2 is 0.964 bits per heavy atom. The maximum absolute atomic E-state index is 14.7. The van der Waals surface area contributed by atoms with Crippen molar-refractivity contribution < 1.29 is 22.0 Å². The van der Waals surface area contributed by atoms with Gasteiger partial charge in [0.05, 0.1) is 6.04 Å². The molecule has 7 heteroatoms. The highest BCUT2D eigenvalue weighted by Crippen LogP contribution is 2.92. The van der Waals surface area contributed by atoms with Crippen LogP contribution in [0.2, 0.25) is 0 Å². The Bertz CT molecular complexity index is 1100. The van der Waals surface area contributed by atoms with Gasteiger partial charge in [-0.05, 0) is 22.3 Å². The molecule has 3 aliphatic rings. The monoisotopic (exact) mass is 403 g/mol. The minimum atomic E-state index is -2.12. The second kappa shape index (κ2) is 5.32. The summed E-state index contributed by atoms with van der Waals surface area (Å²) < 4.78 is 72.4. The standard InChI is InChI=1S/C21H11F5NP/c22-13-14(23)16(25)19(17(26)15(13)24)27-18-9-5-1-3-7-11(9)20-21(28(20)27)12-8-4-2-6-10(12)18/h1-8,18,20-21H. The number of halogens is 5. The van der Waals surface area contributed by atoms with Gasteiger partial charge in [0.2, 0.25) is 5.82 Å². The molecule has 0 amide bonds. The largest absolute Gasteiger partial charge is 0.333 e. The predicted molar refractivity (Wildman–Crippen MR) is 95.8 cm³/mol. The minimum absolute atomic E-state index is 0.0288. The van der Waals surface area contributed by atoms with E-state index < -0.39 is 48.9 Å². The molecule has 3 heterocycles. The molecule has 1 saturated heterocycles. The van der Waals surface area contributed by atoms with Crippen molar-refractivity contribution in [1.82, 2.24) is 0 Å². The first-order chi connectivity index (χ1) is 13.5. The highest BCUT2D eigenvalue weighted by molar-refractivity contribution is 7.68. The van der Waals surface area contributed by atoms with Crippen LogP contribution in [-0.2, 0) is 0 Å². The van der Waals surface area contributed by atoms with Crippen LogP contribution in [-0.4, -0.2) is 0 Å². The summed E-state index contributed by atoms with van der Waals surface area (Å²) in [5.74, 6) is -9.43. The lowest BCUT2D eigenvalue weighted by Gasteiger charge is -2.41. The van der Waals surface area contributed by atoms with E-state index in [9.17, 15) is 22.0 Å². The smallest absolute Gasteiger partial charge is 0.200 e. The molecule has 140 valence electrons. The molecule has 3 aromatic rings. The van der Waals surface area contributed by atoms with Gasteiger partial charge in [0.25, 0.3) is 0 Å². The Morgan fingerprint density at radius 1 is 0.571 bits per heavy atom. The number of fused-ring (bicyclic) bond motifs is 8. The number of rotatable bonds is 1. The third-order valence-electron chi connectivity index (χ3n) is 5.91. The Hall–Kier alpha value is -2.46. The SMILES string of the molecule is Fc1c(F)c(F)c(N2C3c4ccccc4C4C(c5ccccc53)P42)c(F)c1F. The summed E-state index contributed by atoms with van der Waals surface area (Å²) in [6.45, 7) is 0. The summed E-state index contributed by atoms with van der Waals surface area (Å²) in [6, 6.07) is 14.7. The zero-order chi connectivity index (χ0) is 19.3. The normalized spacial score (nSPS) is 26.0. The zero-order valence-corrected chi connectivity index (χ0v) is 15.0. The van der Waals surface area contributed by atoms with Crippen molar-refractivity contribution in [1.29, 1.82) is 0 Å². The second-order valence-corrected chi connectivity index (χ2v) is 9.50. The minimum Gasteiger partial charge on any atom is -0.333 e. The van der Waals surface area contributed by atoms with Crippen LogP contribution in [0.4, 0.5) is 27.6 Å². The van der Waals surface area contributed by atoms with E-state index in [1.807, 2.05) is 48.5 Å². The summed E-state index contributed by atoms with van der Waals surface area (Å²) in [6.07, 6.45) is 0. The van der Waals surface area contributed by atoms with Gasteiger partial charge < -0.3 is 4.67 Å². The van der Waals surface area contributed by atoms with Gasteiger partial charge in [-0.15, -0.1) is 0 Å². The fourth-order valence-electron chi connectivity index (χ4n) is 4.77. The van der Waals surface area contributed by atoms with Gasteiger partial charge in [-0.2, -0.15) is 0 Å². The van der Waals surface area contributed by atoms with Gasteiger partial charge in [-0.1, -0.05) is 48.5 Å². The van der Waals surface area contributed by atoms with Crippen LogP contribution >= 0.6 is 8.07 Å². The predicted octanol–water partition coefficient (Wildman–Crippen LogP) is 6.50. The van der Waals surface area contributed by atoms with Crippen LogP contribution in [0.1, 0.15) is 39.6 Å². The van der Waals surface area contributed by atoms with Crippen LogP contribution in [0.3, 0.4) is 0 Å². The molecule has 0 N–H and O–H groups in total. The molecule has 28 heavy (non-hydrogen) atoms. The number of hydrogen-bond acceptors (Lipinski definition) is 1. The number of nitrogens with zero attached hydrogens (tertiary/aromatic N) is 1. The average Bonchev–Trinajstić information content (AvgIpc) is 3.49. The van der Waals surface area contributed by atoms with Crippen molar-refractivity contribution in [3.8, 4) is 0 Å². The highest BCUT2D eigenvalue weighted by Gasteiger charge is 2.65. The quantitative estimate of drug-likeness (QED) is 0.194. The first-order valence-corrected chi connectivity index (χ1v) is 10.2. The molecule has 0 aliphatic carbocycles. The van der Waals surface area contributed by atoms with Gasteiger partial charge in [0.1, 0.15) is 5.69 Å². The second-order valence-electron chi connectivity index (χ2n) is 7.19. The number of benzene rings is 3. The molecule has 3 aromatic carbocycles. The Balaban J connectivity index is 1.67. The fourth-order valence-corrected chi connectivity index (χ4v) is 8.21. The van der Waals surface area contributed by atoms with Crippen LogP contribution in [0, 0.1) is 29.1 Å². The van der Waals surface area contributed by atoms with E-state index in [0.29, 0.717) is 0 Å². The lowest BCUT2D eigenvalue weighted by molar-refractivity contribution is 0.379. The maximum atomic E-state index is 14.7. The summed E-state index contributed by atoms with van der Waals surface area (Å²) in [5.41, 5.74) is 3.20. The molecule has 2 bridgehead atoms. The van der Waals surface area contributed by atoms with Crippen LogP contribution in [0.5, 0.6) is 0 Å². The van der Waals surface area contributed by atoms with Crippen LogP contribution in [0.25, 0.3) is 0 Å². The van der Waals surface area contributed by atoms with Crippen LogP contribution in [0.15, 0.2) is 48.5 Å². The van der Waals surface area contributed by atoms with Gasteiger partial charge >= 0.3 is 0 Å². The average molecular weight is 403 g/mol. The molecule has 2 atom stereocenters. The third kappa shape index (κ3) is 1.80. The summed E-state index contributed by atoms with van der Waals surface area (Å²) in [5, 5.41) is 0. The Labute approximate surface area is 158 Å². The molecule has 1 nitrogen and oxygen atoms in total. The van der Waals surface area contributed by atoms with Crippen LogP contribution < -0.4 is 4.67 Å². The molecule has 6 rings (SSSR count). The molecule has 0 radical (unpaired) electrons. The van der Waals surface area contributed by atoms with E-state index in [0.717, 1.165) is 22.3 Å². The lowest BCUT2D eigenvalue weighted by Crippen LogP contribution is -2.30. The van der Waals surface area contributed by atoms with Gasteiger partial charge in [-0.3, -0.25) is 0 Å². The molecule has 0 aromatic heterocycles. The molecule has 3 aliphatic heterocycles. The molecule has 0 saturated carbocycles. The van der Waals surface area contributed by atoms with E-state index in [-0.39, 0.29) is 11.3 Å². The Kier molecular flexibility index (Phi) is 3.14. The van der Waals surface area contributed by atoms with Gasteiger partial charge in [-0.25, -0.2) is 22.0 Å². The van der Waals surface area contributed by atoms with Crippen molar-refractivity contribution in [2.24, 2.45) is 0 Å².